The molecule has 1 saturated heterocycles. The van der Waals surface area contributed by atoms with Crippen LogP contribution in [-0.2, 0) is 0 Å². The number of rotatable bonds is 12. The monoisotopic (exact) mass is 299 g/mol. The van der Waals surface area contributed by atoms with Gasteiger partial charge in [0.05, 0.1) is 0 Å². The average Bonchev–Trinajstić information content (AvgIpc) is 2.50. The molecule has 0 aliphatic carbocycles. The lowest BCUT2D eigenvalue weighted by Gasteiger charge is -2.27. The first-order valence-corrected chi connectivity index (χ1v) is 10.3. The fourth-order valence-corrected chi connectivity index (χ4v) is 4.55. The van der Waals surface area contributed by atoms with E-state index >= 15 is 0 Å². The van der Waals surface area contributed by atoms with Crippen LogP contribution in [0.3, 0.4) is 0 Å². The highest BCUT2D eigenvalue weighted by atomic mass is 32.2. The molecule has 1 heterocycles. The van der Waals surface area contributed by atoms with E-state index in [4.69, 9.17) is 5.73 Å². The summed E-state index contributed by atoms with van der Waals surface area (Å²) in [5.41, 5.74) is 6.34. The Bertz CT molecular complexity index is 202. The molecule has 1 rings (SSSR count). The van der Waals surface area contributed by atoms with E-state index in [-0.39, 0.29) is 0 Å². The third kappa shape index (κ3) is 9.28. The summed E-state index contributed by atoms with van der Waals surface area (Å²) in [6, 6.07) is 0.467. The van der Waals surface area contributed by atoms with Crippen molar-refractivity contribution in [1.29, 1.82) is 0 Å². The topological polar surface area (TPSA) is 26.0 Å². The van der Waals surface area contributed by atoms with Crippen molar-refractivity contribution in [3.63, 3.8) is 0 Å². The van der Waals surface area contributed by atoms with Crippen molar-refractivity contribution in [1.82, 2.24) is 0 Å². The highest BCUT2D eigenvalue weighted by molar-refractivity contribution is 8.00. The van der Waals surface area contributed by atoms with Crippen molar-refractivity contribution in [2.45, 2.75) is 108 Å². The molecule has 2 atom stereocenters. The lowest BCUT2D eigenvalue weighted by Crippen LogP contribution is -2.34. The van der Waals surface area contributed by atoms with Crippen LogP contribution >= 0.6 is 11.8 Å². The van der Waals surface area contributed by atoms with Gasteiger partial charge in [-0.25, -0.2) is 0 Å². The van der Waals surface area contributed by atoms with Gasteiger partial charge in [-0.15, -0.1) is 0 Å². The Balaban J connectivity index is 1.82. The highest BCUT2D eigenvalue weighted by Gasteiger charge is 2.20. The predicted molar refractivity (Wildman–Crippen MR) is 94.5 cm³/mol. The van der Waals surface area contributed by atoms with Crippen LogP contribution < -0.4 is 5.73 Å². The normalized spacial score (nSPS) is 21.0. The van der Waals surface area contributed by atoms with Crippen LogP contribution in [0.1, 0.15) is 96.8 Å². The van der Waals surface area contributed by atoms with Crippen LogP contribution in [-0.4, -0.2) is 17.0 Å². The van der Waals surface area contributed by atoms with Crippen molar-refractivity contribution in [3.05, 3.63) is 0 Å². The number of thioether (sulfide) groups is 1. The van der Waals surface area contributed by atoms with E-state index in [0.29, 0.717) is 6.04 Å². The second-order valence-corrected chi connectivity index (χ2v) is 7.89. The summed E-state index contributed by atoms with van der Waals surface area (Å²) in [5.74, 6) is 1.34. The van der Waals surface area contributed by atoms with Gasteiger partial charge in [-0.3, -0.25) is 0 Å². The van der Waals surface area contributed by atoms with Gasteiger partial charge in [-0.05, 0) is 25.0 Å². The van der Waals surface area contributed by atoms with Crippen molar-refractivity contribution >= 4 is 11.8 Å². The standard InChI is InChI=1S/C18H37NS/c1-2-3-4-5-6-7-8-9-10-11-14-17(19)18-15-12-13-16-20-18/h17-18H,2-16,19H2,1H3. The Hall–Kier alpha value is 0.310. The van der Waals surface area contributed by atoms with E-state index < -0.39 is 0 Å². The minimum Gasteiger partial charge on any atom is -0.327 e. The molecule has 0 saturated carbocycles. The Morgan fingerprint density at radius 1 is 0.900 bits per heavy atom. The summed E-state index contributed by atoms with van der Waals surface area (Å²) in [7, 11) is 0. The van der Waals surface area contributed by atoms with Gasteiger partial charge in [-0.2, -0.15) is 11.8 Å². The lowest BCUT2D eigenvalue weighted by molar-refractivity contribution is 0.491. The summed E-state index contributed by atoms with van der Waals surface area (Å²) >= 11 is 2.13. The second kappa shape index (κ2) is 13.0. The molecule has 2 N–H and O–H groups in total. The van der Waals surface area contributed by atoms with Crippen LogP contribution in [0, 0.1) is 0 Å². The summed E-state index contributed by atoms with van der Waals surface area (Å²) in [6.07, 6.45) is 19.7. The SMILES string of the molecule is CCCCCCCCCCCCC(N)C1CCCCS1. The maximum absolute atomic E-state index is 6.34. The fourth-order valence-electron chi connectivity index (χ4n) is 3.16. The first kappa shape index (κ1) is 18.4. The molecule has 1 aliphatic heterocycles. The number of nitrogens with two attached hydrogens (primary N) is 1. The molecule has 0 aromatic carbocycles. The molecule has 1 fully saturated rings. The van der Waals surface area contributed by atoms with Crippen LogP contribution in [0.2, 0.25) is 0 Å². The quantitative estimate of drug-likeness (QED) is 0.453. The van der Waals surface area contributed by atoms with Crippen molar-refractivity contribution in [2.24, 2.45) is 5.73 Å². The van der Waals surface area contributed by atoms with Crippen LogP contribution in [0.15, 0.2) is 0 Å². The third-order valence-electron chi connectivity index (χ3n) is 4.58. The van der Waals surface area contributed by atoms with Crippen molar-refractivity contribution in [2.75, 3.05) is 5.75 Å². The van der Waals surface area contributed by atoms with E-state index in [0.717, 1.165) is 5.25 Å². The third-order valence-corrected chi connectivity index (χ3v) is 6.12. The van der Waals surface area contributed by atoms with E-state index in [1.165, 1.54) is 95.6 Å². The smallest absolute Gasteiger partial charge is 0.0199 e. The summed E-state index contributed by atoms with van der Waals surface area (Å²) in [5, 5.41) is 0.766. The first-order chi connectivity index (χ1) is 9.84. The minimum absolute atomic E-state index is 0.467. The molecule has 0 amide bonds. The van der Waals surface area contributed by atoms with Crippen molar-refractivity contribution < 1.29 is 0 Å². The van der Waals surface area contributed by atoms with E-state index in [2.05, 4.69) is 18.7 Å². The van der Waals surface area contributed by atoms with Crippen LogP contribution in [0.4, 0.5) is 0 Å². The van der Waals surface area contributed by atoms with Gasteiger partial charge in [-0.1, -0.05) is 77.6 Å². The largest absolute Gasteiger partial charge is 0.327 e. The van der Waals surface area contributed by atoms with Gasteiger partial charge in [0, 0.05) is 11.3 Å². The Morgan fingerprint density at radius 3 is 2.05 bits per heavy atom. The van der Waals surface area contributed by atoms with Gasteiger partial charge in [0.2, 0.25) is 0 Å². The maximum Gasteiger partial charge on any atom is 0.0199 e. The minimum atomic E-state index is 0.467. The molecular weight excluding hydrogens is 262 g/mol. The van der Waals surface area contributed by atoms with E-state index in [1.54, 1.807) is 0 Å². The van der Waals surface area contributed by atoms with Gasteiger partial charge < -0.3 is 5.73 Å². The zero-order chi connectivity index (χ0) is 14.5. The van der Waals surface area contributed by atoms with Crippen LogP contribution in [0.25, 0.3) is 0 Å². The molecule has 0 radical (unpaired) electrons. The molecule has 0 aromatic heterocycles. The molecule has 120 valence electrons. The van der Waals surface area contributed by atoms with Gasteiger partial charge in [0.1, 0.15) is 0 Å². The van der Waals surface area contributed by atoms with Gasteiger partial charge >= 0.3 is 0 Å². The number of hydrogen-bond acceptors (Lipinski definition) is 2. The summed E-state index contributed by atoms with van der Waals surface area (Å²) in [4.78, 5) is 0. The molecule has 1 nitrogen and oxygen atoms in total. The predicted octanol–water partition coefficient (Wildman–Crippen LogP) is 5.91. The maximum atomic E-state index is 6.34. The lowest BCUT2D eigenvalue weighted by atomic mass is 10.0. The van der Waals surface area contributed by atoms with Gasteiger partial charge in [0.15, 0.2) is 0 Å². The molecule has 0 bridgehead atoms. The summed E-state index contributed by atoms with van der Waals surface area (Å²) < 4.78 is 0. The molecule has 0 spiro atoms. The van der Waals surface area contributed by atoms with E-state index in [9.17, 15) is 0 Å². The fraction of sp³-hybridized carbons (Fsp3) is 1.00. The number of hydrogen-bond donors (Lipinski definition) is 1. The molecule has 1 aliphatic rings. The summed E-state index contributed by atoms with van der Waals surface area (Å²) in [6.45, 7) is 2.29. The Morgan fingerprint density at radius 2 is 1.50 bits per heavy atom. The van der Waals surface area contributed by atoms with Gasteiger partial charge in [0.25, 0.3) is 0 Å². The second-order valence-electron chi connectivity index (χ2n) is 6.54. The molecular formula is C18H37NS. The molecule has 2 heteroatoms. The molecule has 2 unspecified atom stereocenters. The Kier molecular flexibility index (Phi) is 11.9. The first-order valence-electron chi connectivity index (χ1n) is 9.21. The van der Waals surface area contributed by atoms with Crippen LogP contribution in [0.5, 0.6) is 0 Å². The number of unbranched alkanes of at least 4 members (excludes halogenated alkanes) is 9. The Labute approximate surface area is 131 Å². The molecule has 0 aromatic rings. The highest BCUT2D eigenvalue weighted by Crippen LogP contribution is 2.28. The average molecular weight is 300 g/mol. The molecule has 20 heavy (non-hydrogen) atoms. The zero-order valence-electron chi connectivity index (χ0n) is 13.7. The van der Waals surface area contributed by atoms with E-state index in [1.807, 2.05) is 0 Å². The van der Waals surface area contributed by atoms with Crippen molar-refractivity contribution in [3.8, 4) is 0 Å². The zero-order valence-corrected chi connectivity index (χ0v) is 14.6.